The molecule has 0 spiro atoms. The van der Waals surface area contributed by atoms with E-state index in [2.05, 4.69) is 5.32 Å². The first-order valence-electron chi connectivity index (χ1n) is 13.4. The van der Waals surface area contributed by atoms with Crippen molar-refractivity contribution in [2.75, 3.05) is 21.3 Å². The number of ether oxygens (including phenoxy) is 4. The van der Waals surface area contributed by atoms with E-state index >= 15 is 0 Å². The molecule has 0 aromatic heterocycles. The summed E-state index contributed by atoms with van der Waals surface area (Å²) in [5, 5.41) is 13.7. The number of primary amides is 1. The van der Waals surface area contributed by atoms with Crippen LogP contribution in [-0.2, 0) is 33.3 Å². The lowest BCUT2D eigenvalue weighted by Crippen LogP contribution is -2.36. The fourth-order valence-corrected chi connectivity index (χ4v) is 4.89. The number of methoxy groups -OCH3 is 3. The largest absolute Gasteiger partial charge is 0.492 e. The van der Waals surface area contributed by atoms with Crippen LogP contribution in [0.2, 0.25) is 0 Å². The summed E-state index contributed by atoms with van der Waals surface area (Å²) in [6.07, 6.45) is 4.64. The van der Waals surface area contributed by atoms with Crippen LogP contribution in [0.4, 0.5) is 4.79 Å². The smallest absolute Gasteiger partial charge is 0.405 e. The summed E-state index contributed by atoms with van der Waals surface area (Å²) in [5.74, 6) is -2.31. The van der Waals surface area contributed by atoms with Crippen molar-refractivity contribution >= 4 is 23.6 Å². The van der Waals surface area contributed by atoms with Crippen LogP contribution in [0, 0.1) is 11.8 Å². The van der Waals surface area contributed by atoms with E-state index in [0.717, 1.165) is 6.08 Å². The third kappa shape index (κ3) is 9.24. The summed E-state index contributed by atoms with van der Waals surface area (Å²) in [6.45, 7) is 7.01. The van der Waals surface area contributed by atoms with E-state index < -0.39 is 53.9 Å². The summed E-state index contributed by atoms with van der Waals surface area (Å²) >= 11 is 0. The van der Waals surface area contributed by atoms with Crippen molar-refractivity contribution in [1.29, 1.82) is 0 Å². The second kappa shape index (κ2) is 15.5. The Morgan fingerprint density at radius 3 is 2.34 bits per heavy atom. The highest BCUT2D eigenvalue weighted by molar-refractivity contribution is 6.23. The number of allylic oxidation sites excluding steroid dienone is 4. The zero-order valence-electron chi connectivity index (χ0n) is 24.8. The van der Waals surface area contributed by atoms with Crippen molar-refractivity contribution in [2.45, 2.75) is 71.4 Å². The molecule has 1 aliphatic carbocycles. The number of aliphatic hydroxyl groups is 1. The van der Waals surface area contributed by atoms with Gasteiger partial charge in [-0.1, -0.05) is 38.2 Å². The van der Waals surface area contributed by atoms with Gasteiger partial charge in [0.2, 0.25) is 11.6 Å². The van der Waals surface area contributed by atoms with Crippen LogP contribution in [0.1, 0.15) is 47.0 Å². The van der Waals surface area contributed by atoms with E-state index in [-0.39, 0.29) is 41.4 Å². The number of aliphatic hydroxyl groups excluding tert-OH is 1. The van der Waals surface area contributed by atoms with Crippen molar-refractivity contribution in [3.63, 3.8) is 0 Å². The SMILES string of the molecule is COC1=C2C[C@@H](C)CC(OC)C(O)[C@@H](C)/C=C(\C)C(OC(N)=O)CC(OC)/C=C\C=C(/C)C(=O)NC(=CC1=O)C2=O. The number of ketones is 2. The first-order chi connectivity index (χ1) is 19.3. The van der Waals surface area contributed by atoms with Gasteiger partial charge in [-0.05, 0) is 38.2 Å². The van der Waals surface area contributed by atoms with Crippen LogP contribution >= 0.6 is 0 Å². The molecule has 11 nitrogen and oxygen atoms in total. The van der Waals surface area contributed by atoms with Crippen LogP contribution in [0.3, 0.4) is 0 Å². The number of Topliss-reactive ketones (excluding diaryl/α,β-unsaturated/α-hetero) is 1. The predicted octanol–water partition coefficient (Wildman–Crippen LogP) is 2.80. The van der Waals surface area contributed by atoms with Crippen molar-refractivity contribution in [3.8, 4) is 0 Å². The van der Waals surface area contributed by atoms with Gasteiger partial charge in [0.05, 0.1) is 31.1 Å². The highest BCUT2D eigenvalue weighted by Gasteiger charge is 2.33. The van der Waals surface area contributed by atoms with Gasteiger partial charge in [-0.15, -0.1) is 0 Å². The van der Waals surface area contributed by atoms with Gasteiger partial charge in [0.25, 0.3) is 5.91 Å². The van der Waals surface area contributed by atoms with Gasteiger partial charge in [0.1, 0.15) is 6.10 Å². The van der Waals surface area contributed by atoms with Crippen molar-refractivity contribution in [2.24, 2.45) is 17.6 Å². The van der Waals surface area contributed by atoms with Crippen LogP contribution < -0.4 is 11.1 Å². The lowest BCUT2D eigenvalue weighted by atomic mass is 9.85. The fraction of sp³-hybridized carbons (Fsp3) is 0.533. The Kier molecular flexibility index (Phi) is 12.7. The molecule has 6 atom stereocenters. The summed E-state index contributed by atoms with van der Waals surface area (Å²) < 4.78 is 21.8. The molecule has 1 heterocycles. The highest BCUT2D eigenvalue weighted by atomic mass is 16.6. The standard InChI is InChI=1S/C30H42N2O9/c1-16-11-21-27(35)22(15-23(33)28(21)40-7)32-29(36)17(2)9-8-10-20(38-5)14-24(41-30(31)37)18(3)13-19(4)26(34)25(12-16)39-6/h8-10,13,15-16,19-20,24-26,34H,11-12,14H2,1-7H3,(H2,31,37)(H,32,36)/b10-8-,17-9+,18-13+/t16-,19+,20?,24?,25?,26?/m1/s1. The molecule has 0 aromatic rings. The van der Waals surface area contributed by atoms with E-state index in [9.17, 15) is 24.3 Å². The minimum Gasteiger partial charge on any atom is -0.492 e. The van der Waals surface area contributed by atoms with Crippen molar-refractivity contribution in [1.82, 2.24) is 5.32 Å². The molecule has 226 valence electrons. The lowest BCUT2D eigenvalue weighted by Gasteiger charge is -2.29. The lowest BCUT2D eigenvalue weighted by molar-refractivity contribution is -0.120. The monoisotopic (exact) mass is 574 g/mol. The Balaban J connectivity index is 2.56. The molecule has 4 unspecified atom stereocenters. The normalized spacial score (nSPS) is 32.5. The van der Waals surface area contributed by atoms with Gasteiger partial charge in [-0.2, -0.15) is 0 Å². The molecule has 2 amide bonds. The maximum Gasteiger partial charge on any atom is 0.405 e. The molecule has 0 aromatic carbocycles. The maximum atomic E-state index is 13.4. The van der Waals surface area contributed by atoms with E-state index in [4.69, 9.17) is 24.7 Å². The Labute approximate surface area is 241 Å². The average molecular weight is 575 g/mol. The quantitative estimate of drug-likeness (QED) is 0.338. The van der Waals surface area contributed by atoms with Gasteiger partial charge in [-0.25, -0.2) is 4.79 Å². The van der Waals surface area contributed by atoms with Crippen LogP contribution in [0.5, 0.6) is 0 Å². The number of fused-ring (bicyclic) bond motifs is 2. The van der Waals surface area contributed by atoms with Gasteiger partial charge < -0.3 is 35.1 Å². The second-order valence-electron chi connectivity index (χ2n) is 10.5. The average Bonchev–Trinajstić information content (AvgIpc) is 2.91. The summed E-state index contributed by atoms with van der Waals surface area (Å²) in [5.41, 5.74) is 6.26. The third-order valence-electron chi connectivity index (χ3n) is 7.23. The molecule has 0 saturated carbocycles. The van der Waals surface area contributed by atoms with Crippen LogP contribution in [-0.4, -0.2) is 74.4 Å². The third-order valence-corrected chi connectivity index (χ3v) is 7.23. The molecule has 0 radical (unpaired) electrons. The summed E-state index contributed by atoms with van der Waals surface area (Å²) in [6, 6.07) is 0. The summed E-state index contributed by atoms with van der Waals surface area (Å²) in [7, 11) is 4.29. The molecule has 2 aliphatic rings. The zero-order chi connectivity index (χ0) is 30.9. The Bertz CT molecular complexity index is 1160. The molecule has 2 bridgehead atoms. The molecule has 2 rings (SSSR count). The van der Waals surface area contributed by atoms with Crippen molar-refractivity contribution in [3.05, 3.63) is 58.6 Å². The molecular formula is C30H42N2O9. The maximum absolute atomic E-state index is 13.4. The van der Waals surface area contributed by atoms with Gasteiger partial charge in [0, 0.05) is 43.8 Å². The first kappa shape index (κ1) is 33.7. The van der Waals surface area contributed by atoms with Crippen LogP contribution in [0.15, 0.2) is 58.6 Å². The fourth-order valence-electron chi connectivity index (χ4n) is 4.89. The molecule has 4 N–H and O–H groups in total. The van der Waals surface area contributed by atoms with Crippen LogP contribution in [0.25, 0.3) is 0 Å². The second-order valence-corrected chi connectivity index (χ2v) is 10.5. The topological polar surface area (TPSA) is 163 Å². The highest BCUT2D eigenvalue weighted by Crippen LogP contribution is 2.29. The Morgan fingerprint density at radius 2 is 1.76 bits per heavy atom. The van der Waals surface area contributed by atoms with Crippen molar-refractivity contribution < 1.29 is 43.2 Å². The Morgan fingerprint density at radius 1 is 1.07 bits per heavy atom. The number of rotatable bonds is 4. The number of hydrogen-bond donors (Lipinski definition) is 3. The number of carbonyl (C=O) groups excluding carboxylic acids is 4. The zero-order valence-corrected chi connectivity index (χ0v) is 24.8. The minimum absolute atomic E-state index is 0.0790. The van der Waals surface area contributed by atoms with Gasteiger partial charge in [0.15, 0.2) is 5.76 Å². The molecule has 0 fully saturated rings. The molecule has 1 aliphatic heterocycles. The number of amides is 2. The van der Waals surface area contributed by atoms with E-state index in [1.54, 1.807) is 32.1 Å². The number of hydrogen-bond acceptors (Lipinski definition) is 9. The number of nitrogens with one attached hydrogen (secondary N) is 1. The number of nitrogens with two attached hydrogens (primary N) is 1. The van der Waals surface area contributed by atoms with Gasteiger partial charge >= 0.3 is 6.09 Å². The molecular weight excluding hydrogens is 532 g/mol. The summed E-state index contributed by atoms with van der Waals surface area (Å²) in [4.78, 5) is 50.6. The van der Waals surface area contributed by atoms with Gasteiger partial charge in [-0.3, -0.25) is 14.4 Å². The molecule has 11 heteroatoms. The molecule has 0 saturated heterocycles. The Hall–Kier alpha value is -3.54. The first-order valence-corrected chi connectivity index (χ1v) is 13.4. The molecule has 41 heavy (non-hydrogen) atoms. The predicted molar refractivity (Wildman–Crippen MR) is 151 cm³/mol. The van der Waals surface area contributed by atoms with E-state index in [0.29, 0.717) is 12.0 Å². The van der Waals surface area contributed by atoms with E-state index in [1.807, 2.05) is 13.8 Å². The van der Waals surface area contributed by atoms with E-state index in [1.165, 1.54) is 27.4 Å². The number of carbonyl (C=O) groups is 4. The minimum atomic E-state index is -0.947.